The Labute approximate surface area is 393 Å². The summed E-state index contributed by atoms with van der Waals surface area (Å²) in [5.74, 6) is -3.03. The molecule has 6 amide bonds. The molecule has 3 aliphatic heterocycles. The van der Waals surface area contributed by atoms with E-state index in [1.807, 2.05) is 85.1 Å². The molecule has 4 fully saturated rings. The van der Waals surface area contributed by atoms with Gasteiger partial charge in [0.2, 0.25) is 35.4 Å². The summed E-state index contributed by atoms with van der Waals surface area (Å²) >= 11 is 0. The number of carbonyl (C=O) groups is 6. The van der Waals surface area contributed by atoms with Crippen molar-refractivity contribution < 1.29 is 28.8 Å². The maximum atomic E-state index is 15.1. The van der Waals surface area contributed by atoms with E-state index >= 15 is 14.4 Å². The molecule has 1 aliphatic carbocycles. The lowest BCUT2D eigenvalue weighted by atomic mass is 9.84. The number of benzene rings is 3. The van der Waals surface area contributed by atoms with Crippen molar-refractivity contribution in [3.8, 4) is 0 Å². The Morgan fingerprint density at radius 3 is 1.84 bits per heavy atom. The van der Waals surface area contributed by atoms with Gasteiger partial charge in [-0.1, -0.05) is 73.5 Å². The van der Waals surface area contributed by atoms with Crippen LogP contribution in [0, 0.1) is 5.92 Å². The van der Waals surface area contributed by atoms with Crippen LogP contribution in [0.2, 0.25) is 0 Å². The molecule has 16 nitrogen and oxygen atoms in total. The Bertz CT molecular complexity index is 2890. The van der Waals surface area contributed by atoms with E-state index in [0.717, 1.165) is 64.0 Å². The zero-order valence-electron chi connectivity index (χ0n) is 37.9. The maximum Gasteiger partial charge on any atom is 0.246 e. The highest BCUT2D eigenvalue weighted by Crippen LogP contribution is 2.41. The van der Waals surface area contributed by atoms with Gasteiger partial charge in [-0.25, -0.2) is 0 Å². The van der Waals surface area contributed by atoms with Crippen LogP contribution in [0.5, 0.6) is 0 Å². The number of nitrogens with one attached hydrogen (secondary N) is 6. The van der Waals surface area contributed by atoms with E-state index in [0.29, 0.717) is 30.5 Å². The van der Waals surface area contributed by atoms with Crippen molar-refractivity contribution in [1.82, 2.24) is 46.0 Å². The van der Waals surface area contributed by atoms with Crippen molar-refractivity contribution in [3.63, 3.8) is 0 Å². The average Bonchev–Trinajstić information content (AvgIpc) is 4.18. The minimum absolute atomic E-state index is 0.0307. The number of H-pyrrole nitrogens is 2. The zero-order chi connectivity index (χ0) is 46.9. The Balaban J connectivity index is 1.06. The first kappa shape index (κ1) is 44.7. The van der Waals surface area contributed by atoms with E-state index in [1.54, 1.807) is 22.1 Å². The van der Waals surface area contributed by atoms with Gasteiger partial charge in [0.05, 0.1) is 5.52 Å². The van der Waals surface area contributed by atoms with Crippen LogP contribution in [0.4, 0.5) is 0 Å². The molecule has 8 atom stereocenters. The quantitative estimate of drug-likeness (QED) is 0.119. The molecular formula is C52H58N10O6. The summed E-state index contributed by atoms with van der Waals surface area (Å²) in [5.41, 5.74) is 10.5. The van der Waals surface area contributed by atoms with Crippen LogP contribution in [0.25, 0.3) is 32.7 Å². The summed E-state index contributed by atoms with van der Waals surface area (Å²) in [7, 11) is 0. The maximum absolute atomic E-state index is 15.1. The molecule has 0 bridgehead atoms. The molecule has 0 spiro atoms. The number of fused-ring (bicyclic) bond motifs is 7. The molecule has 0 radical (unpaired) electrons. The summed E-state index contributed by atoms with van der Waals surface area (Å²) in [6.07, 6.45) is 8.57. The molecule has 16 heteroatoms. The number of aromatic amines is 2. The molecule has 68 heavy (non-hydrogen) atoms. The lowest BCUT2D eigenvalue weighted by molar-refractivity contribution is -0.150. The molecular weight excluding hydrogens is 861 g/mol. The Morgan fingerprint density at radius 1 is 0.574 bits per heavy atom. The molecule has 10 rings (SSSR count). The molecule has 6 heterocycles. The first-order valence-corrected chi connectivity index (χ1v) is 24.1. The number of carbonyl (C=O) groups excluding carboxylic acids is 6. The number of rotatable bonds is 8. The van der Waals surface area contributed by atoms with Crippen molar-refractivity contribution in [2.24, 2.45) is 11.7 Å². The Morgan fingerprint density at radius 2 is 1.16 bits per heavy atom. The average molecular weight is 919 g/mol. The van der Waals surface area contributed by atoms with Crippen LogP contribution in [-0.4, -0.2) is 116 Å². The molecule has 1 unspecified atom stereocenters. The lowest BCUT2D eigenvalue weighted by Gasteiger charge is -2.38. The number of amides is 6. The fraction of sp³-hybridized carbons (Fsp3) is 0.404. The molecule has 1 saturated carbocycles. The van der Waals surface area contributed by atoms with Crippen LogP contribution in [0.15, 0.2) is 97.3 Å². The van der Waals surface area contributed by atoms with E-state index in [-0.39, 0.29) is 56.6 Å². The number of nitrogens with zero attached hydrogens (tertiary/aromatic N) is 3. The van der Waals surface area contributed by atoms with Crippen molar-refractivity contribution in [2.75, 3.05) is 13.1 Å². The Hall–Kier alpha value is -7.07. The predicted molar refractivity (Wildman–Crippen MR) is 257 cm³/mol. The summed E-state index contributed by atoms with van der Waals surface area (Å²) in [6, 6.07) is 19.8. The topological polar surface area (TPSA) is 228 Å². The van der Waals surface area contributed by atoms with Gasteiger partial charge in [-0.2, -0.15) is 0 Å². The van der Waals surface area contributed by atoms with Crippen LogP contribution < -0.4 is 27.0 Å². The van der Waals surface area contributed by atoms with Crippen LogP contribution >= 0.6 is 0 Å². The summed E-state index contributed by atoms with van der Waals surface area (Å²) in [6.45, 7) is 0.352. The van der Waals surface area contributed by atoms with E-state index in [9.17, 15) is 14.4 Å². The zero-order valence-corrected chi connectivity index (χ0v) is 37.9. The predicted octanol–water partition coefficient (Wildman–Crippen LogP) is 3.68. The van der Waals surface area contributed by atoms with Gasteiger partial charge in [0.15, 0.2) is 0 Å². The second kappa shape index (κ2) is 19.3. The summed E-state index contributed by atoms with van der Waals surface area (Å²) in [5, 5.41) is 14.6. The monoisotopic (exact) mass is 918 g/mol. The SMILES string of the molecule is NCC[C@@H]1NC(=O)[C@H](Cc2c[nH]c3ccccc23)NC(=O)C(Cc2ccc3ccccc3n2)NC(=O)[C@H](Cc2c[nH]c3ccccc23)NC(=O)[C@H]2C[C@H]3CCCC[C@H]3N2C(=O)[C@H]2CCCN2C1=O. The first-order chi connectivity index (χ1) is 33.1. The summed E-state index contributed by atoms with van der Waals surface area (Å²) < 4.78 is 0. The molecule has 4 aliphatic rings. The van der Waals surface area contributed by atoms with Gasteiger partial charge >= 0.3 is 0 Å². The van der Waals surface area contributed by atoms with Crippen LogP contribution in [0.1, 0.15) is 68.2 Å². The molecule has 3 aromatic heterocycles. The van der Waals surface area contributed by atoms with Crippen molar-refractivity contribution >= 4 is 68.2 Å². The lowest BCUT2D eigenvalue weighted by Crippen LogP contribution is -2.62. The highest BCUT2D eigenvalue weighted by molar-refractivity contribution is 5.99. The van der Waals surface area contributed by atoms with E-state index < -0.39 is 65.8 Å². The minimum Gasteiger partial charge on any atom is -0.361 e. The van der Waals surface area contributed by atoms with Gasteiger partial charge in [0, 0.05) is 77.1 Å². The van der Waals surface area contributed by atoms with Gasteiger partial charge in [-0.15, -0.1) is 0 Å². The molecule has 6 aromatic rings. The highest BCUT2D eigenvalue weighted by atomic mass is 16.2. The molecule has 352 valence electrons. The smallest absolute Gasteiger partial charge is 0.246 e. The van der Waals surface area contributed by atoms with Crippen molar-refractivity contribution in [2.45, 2.75) is 113 Å². The standard InChI is InChI=1S/C52H58N10O6/c53-22-21-40-51(67)61-23-9-18-45(61)52(68)62-44-17-8-2-11-31(44)26-46(62)50(66)60-42(25-33-29-55-39-16-7-4-13-36(33)39)48(64)59-43(27-34-20-19-30-10-1-5-14-37(30)56-34)49(65)58-41(47(63)57-40)24-32-28-54-38-15-6-3-12-35(32)38/h1,3-7,10,12-16,19-20,28-29,31,40-46,54-55H,2,8-9,11,17-18,21-27,53H2,(H,57,63)(H,58,65)(H,59,64)(H,60,66)/t31-,40+,41+,42+,43?,44-,45-,46-/m1/s1. The largest absolute Gasteiger partial charge is 0.361 e. The third-order valence-corrected chi connectivity index (χ3v) is 14.7. The normalized spacial score (nSPS) is 26.4. The Kier molecular flexibility index (Phi) is 12.7. The van der Waals surface area contributed by atoms with Gasteiger partial charge in [-0.3, -0.25) is 33.8 Å². The number of aromatic nitrogens is 3. The summed E-state index contributed by atoms with van der Waals surface area (Å²) in [4.78, 5) is 104. The molecule has 8 N–H and O–H groups in total. The second-order valence-electron chi connectivity index (χ2n) is 18.9. The van der Waals surface area contributed by atoms with Crippen LogP contribution in [-0.2, 0) is 48.0 Å². The second-order valence-corrected chi connectivity index (χ2v) is 18.9. The van der Waals surface area contributed by atoms with Gasteiger partial charge < -0.3 is 46.8 Å². The third kappa shape index (κ3) is 8.92. The third-order valence-electron chi connectivity index (χ3n) is 14.7. The van der Waals surface area contributed by atoms with Gasteiger partial charge in [0.25, 0.3) is 0 Å². The number of hydrogen-bond donors (Lipinski definition) is 7. The van der Waals surface area contributed by atoms with Crippen molar-refractivity contribution in [3.05, 3.63) is 114 Å². The first-order valence-electron chi connectivity index (χ1n) is 24.1. The van der Waals surface area contributed by atoms with Crippen molar-refractivity contribution in [1.29, 1.82) is 0 Å². The fourth-order valence-electron chi connectivity index (χ4n) is 11.3. The minimum atomic E-state index is -1.28. The number of nitrogens with two attached hydrogens (primary N) is 1. The number of para-hydroxylation sites is 3. The number of pyridine rings is 1. The number of hydrogen-bond acceptors (Lipinski definition) is 8. The van der Waals surface area contributed by atoms with Gasteiger partial charge in [-0.05, 0) is 86.4 Å². The molecule has 3 aromatic carbocycles. The van der Waals surface area contributed by atoms with E-state index in [4.69, 9.17) is 10.7 Å². The fourth-order valence-corrected chi connectivity index (χ4v) is 11.3. The van der Waals surface area contributed by atoms with E-state index in [2.05, 4.69) is 31.2 Å². The van der Waals surface area contributed by atoms with E-state index in [1.165, 1.54) is 0 Å². The van der Waals surface area contributed by atoms with Gasteiger partial charge in [0.1, 0.15) is 36.3 Å². The molecule has 3 saturated heterocycles. The highest BCUT2D eigenvalue weighted by Gasteiger charge is 2.51. The van der Waals surface area contributed by atoms with Crippen LogP contribution in [0.3, 0.4) is 0 Å².